The van der Waals surface area contributed by atoms with Gasteiger partial charge in [-0.25, -0.2) is 0 Å². The minimum Gasteiger partial charge on any atom is -0.468 e. The van der Waals surface area contributed by atoms with Gasteiger partial charge in [0.1, 0.15) is 0 Å². The average molecular weight is 238 g/mol. The summed E-state index contributed by atoms with van der Waals surface area (Å²) in [7, 11) is 1.50. The number of allylic oxidation sites excluding steroid dienone is 1. The van der Waals surface area contributed by atoms with Crippen LogP contribution in [0.3, 0.4) is 0 Å². The van der Waals surface area contributed by atoms with Crippen molar-refractivity contribution < 1.29 is 9.53 Å². The molecule has 1 aliphatic carbocycles. The topological polar surface area (TPSA) is 26.3 Å². The lowest BCUT2D eigenvalue weighted by Crippen LogP contribution is -2.44. The predicted octanol–water partition coefficient (Wildman–Crippen LogP) is 3.81. The van der Waals surface area contributed by atoms with E-state index in [0.717, 1.165) is 12.8 Å². The van der Waals surface area contributed by atoms with E-state index in [1.807, 2.05) is 13.0 Å². The van der Waals surface area contributed by atoms with Crippen LogP contribution in [-0.2, 0) is 9.53 Å². The van der Waals surface area contributed by atoms with Crippen LogP contribution < -0.4 is 0 Å². The first kappa shape index (κ1) is 14.3. The third-order valence-corrected chi connectivity index (χ3v) is 4.15. The van der Waals surface area contributed by atoms with E-state index in [0.29, 0.717) is 17.8 Å². The summed E-state index contributed by atoms with van der Waals surface area (Å²) in [6.07, 6.45) is 7.35. The summed E-state index contributed by atoms with van der Waals surface area (Å²) in [5.74, 6) is 1.46. The van der Waals surface area contributed by atoms with Crippen molar-refractivity contribution in [3.05, 3.63) is 12.2 Å². The SMILES string of the molecule is C/C=C/[C@]1(C(=O)OC)C[C@H](C)CC[C@H]1C(C)C. The molecule has 98 valence electrons. The summed E-state index contributed by atoms with van der Waals surface area (Å²) in [5, 5.41) is 0. The molecule has 3 atom stereocenters. The Kier molecular flexibility index (Phi) is 4.79. The summed E-state index contributed by atoms with van der Waals surface area (Å²) >= 11 is 0. The minimum atomic E-state index is -0.394. The molecule has 17 heavy (non-hydrogen) atoms. The molecule has 0 aliphatic heterocycles. The summed E-state index contributed by atoms with van der Waals surface area (Å²) < 4.78 is 5.08. The number of carbonyl (C=O) groups excluding carboxylic acids is 1. The van der Waals surface area contributed by atoms with Crippen molar-refractivity contribution in [2.75, 3.05) is 7.11 Å². The van der Waals surface area contributed by atoms with Crippen molar-refractivity contribution in [2.45, 2.75) is 47.0 Å². The molecule has 0 radical (unpaired) electrons. The third kappa shape index (κ3) is 2.72. The average Bonchev–Trinajstić information content (AvgIpc) is 2.27. The molecule has 0 unspecified atom stereocenters. The van der Waals surface area contributed by atoms with Gasteiger partial charge in [-0.3, -0.25) is 4.79 Å². The van der Waals surface area contributed by atoms with Gasteiger partial charge in [0, 0.05) is 0 Å². The number of rotatable bonds is 3. The maximum absolute atomic E-state index is 12.3. The second kappa shape index (κ2) is 5.70. The highest BCUT2D eigenvalue weighted by Gasteiger charge is 2.48. The van der Waals surface area contributed by atoms with Crippen LogP contribution in [-0.4, -0.2) is 13.1 Å². The van der Waals surface area contributed by atoms with E-state index in [1.165, 1.54) is 13.5 Å². The summed E-state index contributed by atoms with van der Waals surface area (Å²) in [6, 6.07) is 0. The molecule has 1 aliphatic rings. The van der Waals surface area contributed by atoms with Gasteiger partial charge in [0.05, 0.1) is 12.5 Å². The van der Waals surface area contributed by atoms with E-state index in [-0.39, 0.29) is 5.97 Å². The zero-order valence-corrected chi connectivity index (χ0v) is 11.8. The molecule has 1 rings (SSSR count). The van der Waals surface area contributed by atoms with Crippen LogP contribution in [0.2, 0.25) is 0 Å². The standard InChI is InChI=1S/C15H26O2/c1-6-9-15(14(16)17-5)10-12(4)7-8-13(15)11(2)3/h6,9,11-13H,7-8,10H2,1-5H3/b9-6+/t12-,13+,15+/m1/s1. The van der Waals surface area contributed by atoms with Crippen molar-refractivity contribution >= 4 is 5.97 Å². The molecule has 0 aromatic carbocycles. The van der Waals surface area contributed by atoms with E-state index in [9.17, 15) is 4.79 Å². The second-order valence-corrected chi connectivity index (χ2v) is 5.77. The van der Waals surface area contributed by atoms with Gasteiger partial charge in [-0.1, -0.05) is 39.3 Å². The number of carbonyl (C=O) groups is 1. The quantitative estimate of drug-likeness (QED) is 0.552. The largest absolute Gasteiger partial charge is 0.468 e. The van der Waals surface area contributed by atoms with Gasteiger partial charge in [0.15, 0.2) is 0 Å². The number of ether oxygens (including phenoxy) is 1. The minimum absolute atomic E-state index is 0.0548. The number of esters is 1. The van der Waals surface area contributed by atoms with Crippen LogP contribution in [0, 0.1) is 23.2 Å². The second-order valence-electron chi connectivity index (χ2n) is 5.77. The lowest BCUT2D eigenvalue weighted by molar-refractivity contribution is -0.157. The Balaban J connectivity index is 3.14. The van der Waals surface area contributed by atoms with Gasteiger partial charge in [0.25, 0.3) is 0 Å². The number of hydrogen-bond donors (Lipinski definition) is 0. The fourth-order valence-corrected chi connectivity index (χ4v) is 3.46. The Morgan fingerprint density at radius 3 is 2.53 bits per heavy atom. The van der Waals surface area contributed by atoms with Gasteiger partial charge in [0.2, 0.25) is 0 Å². The molecule has 2 heteroatoms. The van der Waals surface area contributed by atoms with Gasteiger partial charge < -0.3 is 4.74 Å². The van der Waals surface area contributed by atoms with Gasteiger partial charge in [-0.05, 0) is 37.5 Å². The van der Waals surface area contributed by atoms with Crippen LogP contribution in [0.15, 0.2) is 12.2 Å². The van der Waals surface area contributed by atoms with Gasteiger partial charge in [-0.2, -0.15) is 0 Å². The Morgan fingerprint density at radius 1 is 1.41 bits per heavy atom. The summed E-state index contributed by atoms with van der Waals surface area (Å²) in [5.41, 5.74) is -0.394. The highest BCUT2D eigenvalue weighted by Crippen LogP contribution is 2.49. The zero-order chi connectivity index (χ0) is 13.1. The highest BCUT2D eigenvalue weighted by atomic mass is 16.5. The Hall–Kier alpha value is -0.790. The fraction of sp³-hybridized carbons (Fsp3) is 0.800. The molecular weight excluding hydrogens is 212 g/mol. The molecule has 0 N–H and O–H groups in total. The molecule has 0 aromatic heterocycles. The number of methoxy groups -OCH3 is 1. The van der Waals surface area contributed by atoms with Crippen molar-refractivity contribution in [3.63, 3.8) is 0 Å². The van der Waals surface area contributed by atoms with E-state index in [1.54, 1.807) is 0 Å². The molecule has 0 amide bonds. The molecule has 0 spiro atoms. The lowest BCUT2D eigenvalue weighted by atomic mass is 9.59. The van der Waals surface area contributed by atoms with E-state index in [2.05, 4.69) is 26.8 Å². The smallest absolute Gasteiger partial charge is 0.315 e. The maximum Gasteiger partial charge on any atom is 0.315 e. The van der Waals surface area contributed by atoms with Crippen LogP contribution in [0.1, 0.15) is 47.0 Å². The van der Waals surface area contributed by atoms with Crippen LogP contribution in [0.5, 0.6) is 0 Å². The Labute approximate surface area is 105 Å². The normalized spacial score (nSPS) is 34.2. The first-order valence-corrected chi connectivity index (χ1v) is 6.70. The molecular formula is C15H26O2. The van der Waals surface area contributed by atoms with E-state index in [4.69, 9.17) is 4.74 Å². The van der Waals surface area contributed by atoms with Crippen LogP contribution in [0.4, 0.5) is 0 Å². The molecule has 0 bridgehead atoms. The van der Waals surface area contributed by atoms with Crippen LogP contribution in [0.25, 0.3) is 0 Å². The lowest BCUT2D eigenvalue weighted by Gasteiger charge is -2.44. The first-order valence-electron chi connectivity index (χ1n) is 6.70. The Morgan fingerprint density at radius 2 is 2.06 bits per heavy atom. The molecule has 0 heterocycles. The predicted molar refractivity (Wildman–Crippen MR) is 70.6 cm³/mol. The zero-order valence-electron chi connectivity index (χ0n) is 11.8. The maximum atomic E-state index is 12.3. The Bertz CT molecular complexity index is 293. The molecule has 1 fully saturated rings. The van der Waals surface area contributed by atoms with Crippen molar-refractivity contribution in [3.8, 4) is 0 Å². The summed E-state index contributed by atoms with van der Waals surface area (Å²) in [4.78, 5) is 12.3. The fourth-order valence-electron chi connectivity index (χ4n) is 3.46. The van der Waals surface area contributed by atoms with Crippen molar-refractivity contribution in [2.24, 2.45) is 23.2 Å². The van der Waals surface area contributed by atoms with Gasteiger partial charge >= 0.3 is 5.97 Å². The molecule has 0 saturated heterocycles. The third-order valence-electron chi connectivity index (χ3n) is 4.15. The highest BCUT2D eigenvalue weighted by molar-refractivity contribution is 5.79. The van der Waals surface area contributed by atoms with E-state index < -0.39 is 5.41 Å². The molecule has 1 saturated carbocycles. The van der Waals surface area contributed by atoms with E-state index >= 15 is 0 Å². The molecule has 0 aromatic rings. The molecule has 2 nitrogen and oxygen atoms in total. The van der Waals surface area contributed by atoms with Crippen LogP contribution >= 0.6 is 0 Å². The van der Waals surface area contributed by atoms with Crippen molar-refractivity contribution in [1.82, 2.24) is 0 Å². The van der Waals surface area contributed by atoms with Crippen molar-refractivity contribution in [1.29, 1.82) is 0 Å². The first-order chi connectivity index (χ1) is 7.97. The monoisotopic (exact) mass is 238 g/mol. The number of hydrogen-bond acceptors (Lipinski definition) is 2. The van der Waals surface area contributed by atoms with Gasteiger partial charge in [-0.15, -0.1) is 0 Å². The summed E-state index contributed by atoms with van der Waals surface area (Å²) in [6.45, 7) is 8.64.